The van der Waals surface area contributed by atoms with Crippen molar-refractivity contribution in [1.29, 1.82) is 0 Å². The second-order valence-corrected chi connectivity index (χ2v) is 15.2. The van der Waals surface area contributed by atoms with Crippen molar-refractivity contribution >= 4 is 88.9 Å². The van der Waals surface area contributed by atoms with E-state index in [1.54, 1.807) is 0 Å². The SMILES string of the molecule is c1ccc(N(c2ccccc2)c2ccc(B3OB(c4ccc(N(c5ccccc5)c5ccccc5)cc4)OB(c4ccc(N(c5ccccc5)c5ccccc5)cc4)O3)cc2)cc1. The Morgan fingerprint density at radius 2 is 0.349 bits per heavy atom. The van der Waals surface area contributed by atoms with Crippen LogP contribution in [0.25, 0.3) is 0 Å². The molecule has 0 amide bonds. The van der Waals surface area contributed by atoms with Gasteiger partial charge in [0, 0.05) is 51.2 Å². The summed E-state index contributed by atoms with van der Waals surface area (Å²) in [4.78, 5) is 6.73. The van der Waals surface area contributed by atoms with Crippen LogP contribution in [0, 0.1) is 0 Å². The van der Waals surface area contributed by atoms with Crippen molar-refractivity contribution in [2.75, 3.05) is 14.7 Å². The van der Waals surface area contributed by atoms with Crippen molar-refractivity contribution in [2.24, 2.45) is 0 Å². The molecule has 10 rings (SSSR count). The average molecular weight is 813 g/mol. The molecule has 63 heavy (non-hydrogen) atoms. The molecule has 300 valence electrons. The first kappa shape index (κ1) is 39.6. The molecule has 0 unspecified atom stereocenters. The van der Waals surface area contributed by atoms with E-state index in [1.807, 2.05) is 36.4 Å². The molecule has 1 saturated heterocycles. The summed E-state index contributed by atoms with van der Waals surface area (Å²) in [7, 11) is -2.17. The summed E-state index contributed by atoms with van der Waals surface area (Å²) in [6, 6.07) is 87.6. The molecule has 0 atom stereocenters. The molecule has 1 aliphatic heterocycles. The second-order valence-electron chi connectivity index (χ2n) is 15.2. The zero-order valence-electron chi connectivity index (χ0n) is 34.5. The van der Waals surface area contributed by atoms with Crippen molar-refractivity contribution < 1.29 is 13.7 Å². The first-order valence-electron chi connectivity index (χ1n) is 21.2. The highest BCUT2D eigenvalue weighted by molar-refractivity contribution is 6.87. The van der Waals surface area contributed by atoms with Crippen LogP contribution in [0.5, 0.6) is 0 Å². The quantitative estimate of drug-likeness (QED) is 0.114. The zero-order chi connectivity index (χ0) is 42.2. The molecule has 1 heterocycles. The summed E-state index contributed by atoms with van der Waals surface area (Å²) < 4.78 is 20.2. The highest BCUT2D eigenvalue weighted by atomic mass is 16.7. The van der Waals surface area contributed by atoms with Crippen LogP contribution < -0.4 is 31.1 Å². The Kier molecular flexibility index (Phi) is 11.7. The Labute approximate surface area is 370 Å². The van der Waals surface area contributed by atoms with Crippen LogP contribution >= 0.6 is 0 Å². The Bertz CT molecular complexity index is 2380. The maximum Gasteiger partial charge on any atom is 0.467 e. The van der Waals surface area contributed by atoms with Gasteiger partial charge in [0.05, 0.1) is 0 Å². The predicted molar refractivity (Wildman–Crippen MR) is 263 cm³/mol. The predicted octanol–water partition coefficient (Wildman–Crippen LogP) is 11.6. The Morgan fingerprint density at radius 1 is 0.190 bits per heavy atom. The summed E-state index contributed by atoms with van der Waals surface area (Å²) in [5.74, 6) is 0. The summed E-state index contributed by atoms with van der Waals surface area (Å²) in [5, 5.41) is 0. The van der Waals surface area contributed by atoms with Crippen molar-refractivity contribution in [3.05, 3.63) is 255 Å². The topological polar surface area (TPSA) is 37.4 Å². The maximum atomic E-state index is 6.75. The fourth-order valence-corrected chi connectivity index (χ4v) is 8.05. The lowest BCUT2D eigenvalue weighted by molar-refractivity contribution is 0.308. The van der Waals surface area contributed by atoms with E-state index in [-0.39, 0.29) is 0 Å². The van der Waals surface area contributed by atoms with Gasteiger partial charge in [0.1, 0.15) is 0 Å². The van der Waals surface area contributed by atoms with E-state index < -0.39 is 21.4 Å². The van der Waals surface area contributed by atoms with Gasteiger partial charge in [0.15, 0.2) is 0 Å². The highest BCUT2D eigenvalue weighted by Gasteiger charge is 2.43. The highest BCUT2D eigenvalue weighted by Crippen LogP contribution is 2.36. The standard InChI is InChI=1S/C54H42B3N3O3/c1-7-19-46(20-8-1)58(47-21-9-2-10-22-47)52-37-31-43(32-38-52)55-61-56(44-33-39-53(40-34-44)59(48-23-11-3-12-24-48)49-25-13-4-14-26-49)63-57(62-55)45-35-41-54(42-36-45)60(50-27-15-5-16-28-50)51-29-17-6-18-30-51/h1-42H. The van der Waals surface area contributed by atoms with E-state index in [2.05, 4.69) is 233 Å². The fourth-order valence-electron chi connectivity index (χ4n) is 8.05. The third-order valence-corrected chi connectivity index (χ3v) is 11.1. The maximum absolute atomic E-state index is 6.75. The minimum Gasteiger partial charge on any atom is -0.445 e. The minimum absolute atomic E-state index is 0.723. The van der Waals surface area contributed by atoms with E-state index in [0.29, 0.717) is 0 Å². The molecule has 1 fully saturated rings. The molecule has 0 bridgehead atoms. The fraction of sp³-hybridized carbons (Fsp3) is 0. The molecular weight excluding hydrogens is 771 g/mol. The van der Waals surface area contributed by atoms with Crippen LogP contribution in [-0.4, -0.2) is 21.4 Å². The lowest BCUT2D eigenvalue weighted by Crippen LogP contribution is -2.61. The van der Waals surface area contributed by atoms with Gasteiger partial charge in [-0.05, 0) is 126 Å². The number of anilines is 9. The largest absolute Gasteiger partial charge is 0.467 e. The van der Waals surface area contributed by atoms with Gasteiger partial charge >= 0.3 is 21.4 Å². The van der Waals surface area contributed by atoms with Gasteiger partial charge in [-0.25, -0.2) is 0 Å². The third-order valence-electron chi connectivity index (χ3n) is 11.1. The average Bonchev–Trinajstić information content (AvgIpc) is 3.37. The molecule has 0 aliphatic carbocycles. The van der Waals surface area contributed by atoms with Crippen LogP contribution in [0.1, 0.15) is 0 Å². The lowest BCUT2D eigenvalue weighted by atomic mass is 9.61. The molecule has 0 N–H and O–H groups in total. The number of para-hydroxylation sites is 6. The molecule has 9 aromatic carbocycles. The molecule has 1 aliphatic rings. The van der Waals surface area contributed by atoms with Gasteiger partial charge < -0.3 is 28.4 Å². The normalized spacial score (nSPS) is 12.5. The van der Waals surface area contributed by atoms with Gasteiger partial charge in [0.2, 0.25) is 0 Å². The molecule has 0 saturated carbocycles. The van der Waals surface area contributed by atoms with E-state index in [0.717, 1.165) is 67.6 Å². The molecule has 0 aromatic heterocycles. The number of benzene rings is 9. The second kappa shape index (κ2) is 18.6. The number of hydrogen-bond acceptors (Lipinski definition) is 6. The summed E-state index contributed by atoms with van der Waals surface area (Å²) in [6.45, 7) is 0. The first-order chi connectivity index (χ1) is 31.2. The van der Waals surface area contributed by atoms with Crippen LogP contribution in [-0.2, 0) is 13.7 Å². The van der Waals surface area contributed by atoms with Gasteiger partial charge in [-0.2, -0.15) is 0 Å². The summed E-state index contributed by atoms with van der Waals surface area (Å²) in [5.41, 5.74) is 12.1. The molecule has 6 nitrogen and oxygen atoms in total. The van der Waals surface area contributed by atoms with Crippen molar-refractivity contribution in [2.45, 2.75) is 0 Å². The van der Waals surface area contributed by atoms with Gasteiger partial charge in [0.25, 0.3) is 0 Å². The van der Waals surface area contributed by atoms with E-state index in [1.165, 1.54) is 0 Å². The molecular formula is C54H42B3N3O3. The van der Waals surface area contributed by atoms with E-state index in [4.69, 9.17) is 13.7 Å². The first-order valence-corrected chi connectivity index (χ1v) is 21.2. The van der Waals surface area contributed by atoms with Gasteiger partial charge in [-0.15, -0.1) is 0 Å². The number of nitrogens with zero attached hydrogens (tertiary/aromatic N) is 3. The van der Waals surface area contributed by atoms with Crippen molar-refractivity contribution in [1.82, 2.24) is 0 Å². The van der Waals surface area contributed by atoms with Crippen LogP contribution in [0.15, 0.2) is 255 Å². The van der Waals surface area contributed by atoms with Crippen molar-refractivity contribution in [3.8, 4) is 0 Å². The van der Waals surface area contributed by atoms with Crippen molar-refractivity contribution in [3.63, 3.8) is 0 Å². The van der Waals surface area contributed by atoms with Crippen LogP contribution in [0.4, 0.5) is 51.2 Å². The Morgan fingerprint density at radius 3 is 0.524 bits per heavy atom. The van der Waals surface area contributed by atoms with E-state index >= 15 is 0 Å². The van der Waals surface area contributed by atoms with Gasteiger partial charge in [-0.3, -0.25) is 0 Å². The zero-order valence-corrected chi connectivity index (χ0v) is 34.5. The Hall–Kier alpha value is -7.55. The third kappa shape index (κ3) is 8.80. The van der Waals surface area contributed by atoms with Crippen LogP contribution in [0.2, 0.25) is 0 Å². The molecule has 9 heteroatoms. The summed E-state index contributed by atoms with van der Waals surface area (Å²) >= 11 is 0. The van der Waals surface area contributed by atoms with Crippen LogP contribution in [0.3, 0.4) is 0 Å². The van der Waals surface area contributed by atoms with Gasteiger partial charge in [-0.1, -0.05) is 146 Å². The smallest absolute Gasteiger partial charge is 0.445 e. The monoisotopic (exact) mass is 813 g/mol. The molecule has 0 radical (unpaired) electrons. The van der Waals surface area contributed by atoms with E-state index in [9.17, 15) is 0 Å². The molecule has 0 spiro atoms. The lowest BCUT2D eigenvalue weighted by Gasteiger charge is -2.32. The minimum atomic E-state index is -0.723. The number of rotatable bonds is 12. The molecule has 9 aromatic rings. The number of hydrogen-bond donors (Lipinski definition) is 0. The summed E-state index contributed by atoms with van der Waals surface area (Å²) in [6.07, 6.45) is 0. The Balaban J connectivity index is 0.985.